The lowest BCUT2D eigenvalue weighted by atomic mass is 9.96. The molecule has 0 spiro atoms. The van der Waals surface area contributed by atoms with Gasteiger partial charge in [0, 0.05) is 24.1 Å². The topological polar surface area (TPSA) is 64.9 Å². The predicted molar refractivity (Wildman–Crippen MR) is 79.8 cm³/mol. The molecule has 3 heteroatoms. The molecule has 2 aromatic rings. The fraction of sp³-hybridized carbons (Fsp3) is 0.312. The number of benzene rings is 1. The average Bonchev–Trinajstić information content (AvgIpc) is 2.41. The van der Waals surface area contributed by atoms with E-state index in [1.807, 2.05) is 6.07 Å². The molecule has 0 amide bonds. The third-order valence-electron chi connectivity index (χ3n) is 3.41. The molecule has 0 aliphatic rings. The van der Waals surface area contributed by atoms with Crippen molar-refractivity contribution in [2.75, 3.05) is 5.73 Å². The maximum atomic E-state index is 6.24. The first-order chi connectivity index (χ1) is 9.08. The van der Waals surface area contributed by atoms with Crippen LogP contribution in [0.5, 0.6) is 0 Å². The van der Waals surface area contributed by atoms with E-state index in [0.717, 1.165) is 16.8 Å². The fourth-order valence-corrected chi connectivity index (χ4v) is 2.09. The van der Waals surface area contributed by atoms with Gasteiger partial charge in [0.25, 0.3) is 0 Å². The third-order valence-corrected chi connectivity index (χ3v) is 3.41. The van der Waals surface area contributed by atoms with E-state index in [-0.39, 0.29) is 6.04 Å². The van der Waals surface area contributed by atoms with Gasteiger partial charge in [0.1, 0.15) is 0 Å². The van der Waals surface area contributed by atoms with E-state index in [0.29, 0.717) is 12.3 Å². The number of anilines is 1. The maximum Gasteiger partial charge on any atom is 0.0378 e. The largest absolute Gasteiger partial charge is 0.398 e. The molecule has 0 aliphatic heterocycles. The molecule has 4 N–H and O–H groups in total. The lowest BCUT2D eigenvalue weighted by molar-refractivity contribution is 0.719. The number of hydrogen-bond donors (Lipinski definition) is 2. The smallest absolute Gasteiger partial charge is 0.0378 e. The average molecular weight is 255 g/mol. The molecule has 19 heavy (non-hydrogen) atoms. The van der Waals surface area contributed by atoms with Crippen molar-refractivity contribution >= 4 is 5.69 Å². The number of pyridine rings is 1. The van der Waals surface area contributed by atoms with Gasteiger partial charge >= 0.3 is 0 Å². The zero-order valence-corrected chi connectivity index (χ0v) is 11.5. The van der Waals surface area contributed by atoms with Crippen LogP contribution in [0.1, 0.15) is 42.5 Å². The van der Waals surface area contributed by atoms with E-state index >= 15 is 0 Å². The standard InChI is InChI=1S/C16H21N3/c1-11(2)12-3-5-13(6-4-12)16(18)9-14-10-19-8-7-15(14)17/h3-8,10-11,16H,9,18H2,1-2H3,(H2,17,19). The third kappa shape index (κ3) is 3.32. The summed E-state index contributed by atoms with van der Waals surface area (Å²) in [5, 5.41) is 0. The number of rotatable bonds is 4. The molecule has 1 heterocycles. The Morgan fingerprint density at radius 1 is 1.05 bits per heavy atom. The van der Waals surface area contributed by atoms with Gasteiger partial charge in [-0.3, -0.25) is 4.98 Å². The predicted octanol–water partition coefficient (Wildman–Crippen LogP) is 3.03. The van der Waals surface area contributed by atoms with Gasteiger partial charge in [0.05, 0.1) is 0 Å². The van der Waals surface area contributed by atoms with Crippen molar-refractivity contribution in [2.24, 2.45) is 5.73 Å². The summed E-state index contributed by atoms with van der Waals surface area (Å²) in [6.07, 6.45) is 4.19. The van der Waals surface area contributed by atoms with Crippen LogP contribution in [-0.2, 0) is 6.42 Å². The highest BCUT2D eigenvalue weighted by Crippen LogP contribution is 2.21. The van der Waals surface area contributed by atoms with Gasteiger partial charge in [-0.1, -0.05) is 38.1 Å². The van der Waals surface area contributed by atoms with Crippen LogP contribution < -0.4 is 11.5 Å². The van der Waals surface area contributed by atoms with Crippen molar-refractivity contribution in [1.82, 2.24) is 4.98 Å². The van der Waals surface area contributed by atoms with Crippen LogP contribution in [0.15, 0.2) is 42.7 Å². The Hall–Kier alpha value is -1.87. The number of aromatic nitrogens is 1. The molecule has 100 valence electrons. The molecule has 2 rings (SSSR count). The summed E-state index contributed by atoms with van der Waals surface area (Å²) in [5.41, 5.74) is 16.4. The van der Waals surface area contributed by atoms with Crippen LogP contribution in [0, 0.1) is 0 Å². The molecule has 0 fully saturated rings. The quantitative estimate of drug-likeness (QED) is 0.882. The minimum absolute atomic E-state index is 0.0484. The number of nitrogen functional groups attached to an aromatic ring is 1. The number of nitrogens with two attached hydrogens (primary N) is 2. The van der Waals surface area contributed by atoms with E-state index in [9.17, 15) is 0 Å². The Labute approximate surface area is 114 Å². The monoisotopic (exact) mass is 255 g/mol. The molecule has 1 unspecified atom stereocenters. The van der Waals surface area contributed by atoms with Crippen molar-refractivity contribution in [3.05, 3.63) is 59.4 Å². The van der Waals surface area contributed by atoms with Crippen molar-refractivity contribution in [1.29, 1.82) is 0 Å². The van der Waals surface area contributed by atoms with Gasteiger partial charge in [0.2, 0.25) is 0 Å². The summed E-state index contributed by atoms with van der Waals surface area (Å²) >= 11 is 0. The van der Waals surface area contributed by atoms with E-state index in [4.69, 9.17) is 11.5 Å². The second kappa shape index (κ2) is 5.85. The van der Waals surface area contributed by atoms with Crippen molar-refractivity contribution in [2.45, 2.75) is 32.2 Å². The summed E-state index contributed by atoms with van der Waals surface area (Å²) in [5.74, 6) is 0.541. The summed E-state index contributed by atoms with van der Waals surface area (Å²) in [4.78, 5) is 4.09. The molecule has 3 nitrogen and oxygen atoms in total. The Balaban J connectivity index is 2.12. The lowest BCUT2D eigenvalue weighted by Crippen LogP contribution is -2.14. The van der Waals surface area contributed by atoms with Crippen molar-refractivity contribution in [3.63, 3.8) is 0 Å². The number of hydrogen-bond acceptors (Lipinski definition) is 3. The van der Waals surface area contributed by atoms with Gasteiger partial charge in [-0.25, -0.2) is 0 Å². The first-order valence-corrected chi connectivity index (χ1v) is 6.61. The van der Waals surface area contributed by atoms with E-state index < -0.39 is 0 Å². The van der Waals surface area contributed by atoms with Crippen LogP contribution in [0.4, 0.5) is 5.69 Å². The Bertz CT molecular complexity index is 532. The Kier molecular flexibility index (Phi) is 4.17. The zero-order valence-electron chi connectivity index (χ0n) is 11.5. The van der Waals surface area contributed by atoms with Gasteiger partial charge in [0.15, 0.2) is 0 Å². The van der Waals surface area contributed by atoms with Crippen LogP contribution in [0.25, 0.3) is 0 Å². The van der Waals surface area contributed by atoms with Crippen molar-refractivity contribution in [3.8, 4) is 0 Å². The van der Waals surface area contributed by atoms with Crippen LogP contribution in [-0.4, -0.2) is 4.98 Å². The first kappa shape index (κ1) is 13.6. The minimum Gasteiger partial charge on any atom is -0.398 e. The summed E-state index contributed by atoms with van der Waals surface area (Å²) in [6.45, 7) is 4.37. The second-order valence-corrected chi connectivity index (χ2v) is 5.21. The molecule has 0 radical (unpaired) electrons. The van der Waals surface area contributed by atoms with E-state index in [1.54, 1.807) is 12.4 Å². The van der Waals surface area contributed by atoms with Gasteiger partial charge in [-0.15, -0.1) is 0 Å². The molecule has 0 saturated heterocycles. The second-order valence-electron chi connectivity index (χ2n) is 5.21. The van der Waals surface area contributed by atoms with Crippen molar-refractivity contribution < 1.29 is 0 Å². The van der Waals surface area contributed by atoms with Crippen LogP contribution >= 0.6 is 0 Å². The SMILES string of the molecule is CC(C)c1ccc(C(N)Cc2cnccc2N)cc1. The highest BCUT2D eigenvalue weighted by molar-refractivity contribution is 5.45. The van der Waals surface area contributed by atoms with Crippen LogP contribution in [0.3, 0.4) is 0 Å². The Morgan fingerprint density at radius 2 is 1.68 bits per heavy atom. The van der Waals surface area contributed by atoms with Crippen LogP contribution in [0.2, 0.25) is 0 Å². The fourth-order valence-electron chi connectivity index (χ4n) is 2.09. The number of nitrogens with zero attached hydrogens (tertiary/aromatic N) is 1. The first-order valence-electron chi connectivity index (χ1n) is 6.61. The molecule has 0 saturated carbocycles. The van der Waals surface area contributed by atoms with Gasteiger partial charge in [-0.2, -0.15) is 0 Å². The minimum atomic E-state index is -0.0484. The normalized spacial score (nSPS) is 12.6. The highest BCUT2D eigenvalue weighted by atomic mass is 14.7. The molecule has 0 bridgehead atoms. The highest BCUT2D eigenvalue weighted by Gasteiger charge is 2.09. The summed E-state index contributed by atoms with van der Waals surface area (Å²) < 4.78 is 0. The van der Waals surface area contributed by atoms with Gasteiger partial charge < -0.3 is 11.5 Å². The molecular weight excluding hydrogens is 234 g/mol. The Morgan fingerprint density at radius 3 is 2.26 bits per heavy atom. The lowest BCUT2D eigenvalue weighted by Gasteiger charge is -2.14. The molecule has 0 aliphatic carbocycles. The van der Waals surface area contributed by atoms with Gasteiger partial charge in [-0.05, 0) is 35.1 Å². The summed E-state index contributed by atoms with van der Waals surface area (Å²) in [7, 11) is 0. The molecular formula is C16H21N3. The zero-order chi connectivity index (χ0) is 13.8. The van der Waals surface area contributed by atoms with E-state index in [1.165, 1.54) is 5.56 Å². The molecule has 1 atom stereocenters. The van der Waals surface area contributed by atoms with E-state index in [2.05, 4.69) is 43.1 Å². The maximum absolute atomic E-state index is 6.24. The molecule has 1 aromatic heterocycles. The summed E-state index contributed by atoms with van der Waals surface area (Å²) in [6, 6.07) is 10.3. The molecule has 1 aromatic carbocycles.